The summed E-state index contributed by atoms with van der Waals surface area (Å²) >= 11 is 7.80. The number of thiazole rings is 1. The van der Waals surface area contributed by atoms with Crippen LogP contribution in [0.1, 0.15) is 56.3 Å². The Kier molecular flexibility index (Phi) is 9.87. The molecule has 0 N–H and O–H groups in total. The van der Waals surface area contributed by atoms with Gasteiger partial charge >= 0.3 is 0 Å². The van der Waals surface area contributed by atoms with Crippen LogP contribution in [0.3, 0.4) is 0 Å². The number of likely N-dealkylation sites (N-methyl/N-ethyl adjacent to an activating group) is 1. The van der Waals surface area contributed by atoms with E-state index < -0.39 is 10.0 Å². The van der Waals surface area contributed by atoms with Crippen molar-refractivity contribution in [3.8, 4) is 5.75 Å². The summed E-state index contributed by atoms with van der Waals surface area (Å²) in [7, 11) is -0.414. The van der Waals surface area contributed by atoms with E-state index in [2.05, 4.69) is 18.7 Å². The average Bonchev–Trinajstić information content (AvgIpc) is 3.41. The molecule has 39 heavy (non-hydrogen) atoms. The van der Waals surface area contributed by atoms with Gasteiger partial charge in [-0.3, -0.25) is 9.69 Å². The number of nitrogens with zero attached hydrogens (tertiary/aromatic N) is 4. The summed E-state index contributed by atoms with van der Waals surface area (Å²) in [6.07, 6.45) is 5.00. The van der Waals surface area contributed by atoms with Crippen molar-refractivity contribution >= 4 is 54.2 Å². The highest BCUT2D eigenvalue weighted by Crippen LogP contribution is 2.39. The van der Waals surface area contributed by atoms with Crippen LogP contribution in [0.5, 0.6) is 5.75 Å². The molecule has 11 heteroatoms. The van der Waals surface area contributed by atoms with E-state index in [1.807, 2.05) is 0 Å². The van der Waals surface area contributed by atoms with Crippen LogP contribution >= 0.6 is 22.9 Å². The minimum Gasteiger partial charge on any atom is -0.494 e. The van der Waals surface area contributed by atoms with E-state index in [4.69, 9.17) is 21.3 Å². The number of ether oxygens (including phenoxy) is 1. The van der Waals surface area contributed by atoms with Crippen molar-refractivity contribution in [3.05, 3.63) is 47.0 Å². The molecule has 0 spiro atoms. The summed E-state index contributed by atoms with van der Waals surface area (Å²) < 4.78 is 34.3. The maximum atomic E-state index is 13.8. The molecule has 1 fully saturated rings. The van der Waals surface area contributed by atoms with Gasteiger partial charge in [0, 0.05) is 31.7 Å². The lowest BCUT2D eigenvalue weighted by Gasteiger charge is -2.30. The minimum absolute atomic E-state index is 0.0171. The highest BCUT2D eigenvalue weighted by Gasteiger charge is 2.30. The van der Waals surface area contributed by atoms with Gasteiger partial charge in [-0.2, -0.15) is 4.31 Å². The van der Waals surface area contributed by atoms with Crippen LogP contribution in [-0.4, -0.2) is 74.9 Å². The average molecular weight is 593 g/mol. The third-order valence-corrected chi connectivity index (χ3v) is 11.0. The van der Waals surface area contributed by atoms with Crippen molar-refractivity contribution in [1.29, 1.82) is 0 Å². The predicted molar refractivity (Wildman–Crippen MR) is 159 cm³/mol. The second-order valence-electron chi connectivity index (χ2n) is 9.74. The van der Waals surface area contributed by atoms with Crippen molar-refractivity contribution < 1.29 is 17.9 Å². The number of rotatable bonds is 11. The second kappa shape index (κ2) is 13.0. The van der Waals surface area contributed by atoms with Crippen molar-refractivity contribution in [2.45, 2.75) is 56.9 Å². The Morgan fingerprint density at radius 3 is 2.33 bits per heavy atom. The molecule has 0 aliphatic heterocycles. The number of fused-ring (bicyclic) bond motifs is 1. The Balaban J connectivity index is 1.64. The van der Waals surface area contributed by atoms with Gasteiger partial charge in [-0.1, -0.05) is 56.0 Å². The predicted octanol–water partition coefficient (Wildman–Crippen LogP) is 5.90. The molecule has 1 heterocycles. The Morgan fingerprint density at radius 2 is 1.72 bits per heavy atom. The van der Waals surface area contributed by atoms with Gasteiger partial charge in [0.15, 0.2) is 5.13 Å². The number of carbonyl (C=O) groups is 1. The molecule has 212 valence electrons. The minimum atomic E-state index is -3.65. The number of sulfonamides is 1. The summed E-state index contributed by atoms with van der Waals surface area (Å²) in [5.74, 6) is 0.338. The van der Waals surface area contributed by atoms with E-state index in [0.29, 0.717) is 40.1 Å². The summed E-state index contributed by atoms with van der Waals surface area (Å²) in [4.78, 5) is 22.7. The molecule has 4 rings (SSSR count). The van der Waals surface area contributed by atoms with Gasteiger partial charge in [-0.25, -0.2) is 13.4 Å². The monoisotopic (exact) mass is 592 g/mol. The standard InChI is InChI=1S/C28H37ClN4O4S2/c1-5-32(6-2)18-19-33(28-30-25-24(37-4)17-16-23(29)26(25)38-28)27(34)20-12-14-22(15-13-20)39(35,36)31(3)21-10-8-7-9-11-21/h12-17,21H,5-11,18-19H2,1-4H3. The van der Waals surface area contributed by atoms with Gasteiger partial charge in [-0.15, -0.1) is 0 Å². The summed E-state index contributed by atoms with van der Waals surface area (Å²) in [6.45, 7) is 6.98. The molecule has 8 nitrogen and oxygen atoms in total. The second-order valence-corrected chi connectivity index (χ2v) is 13.1. The van der Waals surface area contributed by atoms with Crippen LogP contribution in [0.4, 0.5) is 5.13 Å². The summed E-state index contributed by atoms with van der Waals surface area (Å²) in [5.41, 5.74) is 1.00. The molecule has 2 aromatic carbocycles. The number of carbonyl (C=O) groups excluding carboxylic acids is 1. The van der Waals surface area contributed by atoms with Gasteiger partial charge in [0.05, 0.1) is 21.7 Å². The fourth-order valence-corrected chi connectivity index (χ4v) is 7.72. The molecule has 0 radical (unpaired) electrons. The molecule has 0 atom stereocenters. The first kappa shape index (κ1) is 29.7. The number of methoxy groups -OCH3 is 1. The van der Waals surface area contributed by atoms with Gasteiger partial charge in [0.2, 0.25) is 10.0 Å². The molecule has 1 aliphatic rings. The molecule has 3 aromatic rings. The third kappa shape index (κ3) is 6.41. The Labute approximate surface area is 240 Å². The number of halogens is 1. The Hall–Kier alpha value is -2.24. The zero-order valence-corrected chi connectivity index (χ0v) is 25.4. The zero-order chi connectivity index (χ0) is 28.2. The van der Waals surface area contributed by atoms with Crippen LogP contribution in [0, 0.1) is 0 Å². The van der Waals surface area contributed by atoms with E-state index in [0.717, 1.165) is 49.9 Å². The Bertz CT molecular complexity index is 1380. The molecule has 1 aliphatic carbocycles. The van der Waals surface area contributed by atoms with E-state index in [1.165, 1.54) is 27.8 Å². The molecule has 0 bridgehead atoms. The lowest BCUT2D eigenvalue weighted by molar-refractivity contribution is 0.0983. The van der Waals surface area contributed by atoms with Crippen LogP contribution in [0.15, 0.2) is 41.3 Å². The quantitative estimate of drug-likeness (QED) is 0.276. The first-order chi connectivity index (χ1) is 18.7. The first-order valence-corrected chi connectivity index (χ1v) is 16.1. The lowest BCUT2D eigenvalue weighted by atomic mass is 9.96. The fourth-order valence-electron chi connectivity index (χ4n) is 5.02. The van der Waals surface area contributed by atoms with Crippen LogP contribution in [-0.2, 0) is 10.0 Å². The molecule has 1 aromatic heterocycles. The molecule has 1 saturated carbocycles. The van der Waals surface area contributed by atoms with Gasteiger partial charge in [0.1, 0.15) is 11.3 Å². The van der Waals surface area contributed by atoms with Crippen molar-refractivity contribution in [1.82, 2.24) is 14.2 Å². The maximum Gasteiger partial charge on any atom is 0.260 e. The molecule has 1 amide bonds. The summed E-state index contributed by atoms with van der Waals surface area (Å²) in [5, 5.41) is 1.06. The number of hydrogen-bond acceptors (Lipinski definition) is 7. The normalized spacial score (nSPS) is 14.8. The largest absolute Gasteiger partial charge is 0.494 e. The third-order valence-electron chi connectivity index (χ3n) is 7.54. The summed E-state index contributed by atoms with van der Waals surface area (Å²) in [6, 6.07) is 9.79. The van der Waals surface area contributed by atoms with Crippen LogP contribution in [0.2, 0.25) is 5.02 Å². The fraction of sp³-hybridized carbons (Fsp3) is 0.500. The van der Waals surface area contributed by atoms with Crippen LogP contribution < -0.4 is 9.64 Å². The van der Waals surface area contributed by atoms with Crippen molar-refractivity contribution in [3.63, 3.8) is 0 Å². The molecule has 0 saturated heterocycles. The maximum absolute atomic E-state index is 13.8. The van der Waals surface area contributed by atoms with E-state index >= 15 is 0 Å². The van der Waals surface area contributed by atoms with Crippen molar-refractivity contribution in [2.24, 2.45) is 0 Å². The molecular weight excluding hydrogens is 556 g/mol. The Morgan fingerprint density at radius 1 is 1.05 bits per heavy atom. The zero-order valence-electron chi connectivity index (χ0n) is 23.0. The molecule has 0 unspecified atom stereocenters. The first-order valence-electron chi connectivity index (χ1n) is 13.5. The molecular formula is C28H37ClN4O4S2. The number of benzene rings is 2. The van der Waals surface area contributed by atoms with Gasteiger partial charge < -0.3 is 9.64 Å². The SMILES string of the molecule is CCN(CC)CCN(C(=O)c1ccc(S(=O)(=O)N(C)C2CCCCC2)cc1)c1nc2c(OC)ccc(Cl)c2s1. The lowest BCUT2D eigenvalue weighted by Crippen LogP contribution is -2.39. The van der Waals surface area contributed by atoms with Gasteiger partial charge in [0.25, 0.3) is 5.91 Å². The highest BCUT2D eigenvalue weighted by molar-refractivity contribution is 7.89. The van der Waals surface area contributed by atoms with E-state index in [-0.39, 0.29) is 16.8 Å². The number of anilines is 1. The van der Waals surface area contributed by atoms with Crippen LogP contribution in [0.25, 0.3) is 10.2 Å². The van der Waals surface area contributed by atoms with Gasteiger partial charge in [-0.05, 0) is 62.3 Å². The number of hydrogen-bond donors (Lipinski definition) is 0. The van der Waals surface area contributed by atoms with Crippen molar-refractivity contribution in [2.75, 3.05) is 45.2 Å². The highest BCUT2D eigenvalue weighted by atomic mass is 35.5. The van der Waals surface area contributed by atoms with E-state index in [1.54, 1.807) is 43.3 Å². The number of amides is 1. The number of aromatic nitrogens is 1. The van der Waals surface area contributed by atoms with E-state index in [9.17, 15) is 13.2 Å². The smallest absolute Gasteiger partial charge is 0.260 e. The topological polar surface area (TPSA) is 83.1 Å².